The number of carbonyl (C=O) groups excluding carboxylic acids is 2. The molecular weight excluding hydrogens is 432 g/mol. The summed E-state index contributed by atoms with van der Waals surface area (Å²) in [6.07, 6.45) is 1.41. The normalized spacial score (nSPS) is 28.3. The Morgan fingerprint density at radius 1 is 0.917 bits per heavy atom. The van der Waals surface area contributed by atoms with Gasteiger partial charge in [0.2, 0.25) is 0 Å². The molecule has 2 fully saturated rings. The van der Waals surface area contributed by atoms with E-state index in [1.165, 1.54) is 0 Å². The van der Waals surface area contributed by atoms with Crippen molar-refractivity contribution in [2.75, 3.05) is 0 Å². The lowest BCUT2D eigenvalue weighted by molar-refractivity contribution is -0.122. The Morgan fingerprint density at radius 2 is 1.50 bits per heavy atom. The first-order valence-electron chi connectivity index (χ1n) is 8.12. The Morgan fingerprint density at radius 3 is 2.12 bits per heavy atom. The Kier molecular flexibility index (Phi) is 4.21. The van der Waals surface area contributed by atoms with Crippen LogP contribution in [0.5, 0.6) is 0 Å². The molecule has 0 aliphatic heterocycles. The Balaban J connectivity index is 1.72. The number of benzene rings is 2. The summed E-state index contributed by atoms with van der Waals surface area (Å²) in [6.45, 7) is 0. The first-order chi connectivity index (χ1) is 11.5. The SMILES string of the molecule is O=C(c1ccc(Br)cc1)[C@@H]1[C@@H]2CC(=O)[C@@H](C2)[C@H]1c1ccc(Br)cc1. The van der Waals surface area contributed by atoms with Crippen molar-refractivity contribution in [3.05, 3.63) is 68.6 Å². The molecule has 4 rings (SSSR count). The van der Waals surface area contributed by atoms with E-state index in [1.54, 1.807) is 0 Å². The van der Waals surface area contributed by atoms with E-state index in [-0.39, 0.29) is 29.5 Å². The summed E-state index contributed by atoms with van der Waals surface area (Å²) >= 11 is 6.87. The van der Waals surface area contributed by atoms with Crippen molar-refractivity contribution in [2.45, 2.75) is 18.8 Å². The first kappa shape index (κ1) is 16.2. The lowest BCUT2D eigenvalue weighted by Gasteiger charge is -2.30. The van der Waals surface area contributed by atoms with Gasteiger partial charge in [0.15, 0.2) is 5.78 Å². The fourth-order valence-electron chi connectivity index (χ4n) is 4.42. The average molecular weight is 448 g/mol. The Hall–Kier alpha value is -1.26. The van der Waals surface area contributed by atoms with Crippen LogP contribution >= 0.6 is 31.9 Å². The topological polar surface area (TPSA) is 34.1 Å². The van der Waals surface area contributed by atoms with E-state index in [0.717, 1.165) is 26.5 Å². The van der Waals surface area contributed by atoms with Crippen LogP contribution in [-0.4, -0.2) is 11.6 Å². The Bertz CT molecular complexity index is 795. The molecule has 2 aromatic rings. The molecule has 0 radical (unpaired) electrons. The zero-order chi connectivity index (χ0) is 16.8. The fourth-order valence-corrected chi connectivity index (χ4v) is 4.95. The van der Waals surface area contributed by atoms with Gasteiger partial charge in [-0.05, 0) is 42.2 Å². The second kappa shape index (κ2) is 6.23. The van der Waals surface area contributed by atoms with Crippen molar-refractivity contribution in [3.8, 4) is 0 Å². The van der Waals surface area contributed by atoms with Crippen LogP contribution in [0.25, 0.3) is 0 Å². The minimum Gasteiger partial charge on any atom is -0.299 e. The number of carbonyl (C=O) groups is 2. The second-order valence-corrected chi connectivity index (χ2v) is 8.58. The predicted octanol–water partition coefficient (Wildman–Crippen LogP) is 5.40. The fraction of sp³-hybridized carbons (Fsp3) is 0.300. The zero-order valence-corrected chi connectivity index (χ0v) is 16.1. The maximum atomic E-state index is 13.2. The maximum absolute atomic E-state index is 13.2. The van der Waals surface area contributed by atoms with Crippen molar-refractivity contribution >= 4 is 43.4 Å². The van der Waals surface area contributed by atoms with Crippen LogP contribution < -0.4 is 0 Å². The number of Topliss-reactive ketones (excluding diaryl/α,β-unsaturated/α-hetero) is 2. The van der Waals surface area contributed by atoms with Gasteiger partial charge in [0.25, 0.3) is 0 Å². The molecule has 2 nitrogen and oxygen atoms in total. The molecule has 4 atom stereocenters. The van der Waals surface area contributed by atoms with Crippen LogP contribution in [0.4, 0.5) is 0 Å². The van der Waals surface area contributed by atoms with Crippen molar-refractivity contribution < 1.29 is 9.59 Å². The van der Waals surface area contributed by atoms with Gasteiger partial charge in [-0.2, -0.15) is 0 Å². The number of rotatable bonds is 3. The third kappa shape index (κ3) is 2.70. The van der Waals surface area contributed by atoms with Gasteiger partial charge in [-0.1, -0.05) is 56.1 Å². The van der Waals surface area contributed by atoms with Crippen LogP contribution in [0, 0.1) is 17.8 Å². The molecule has 0 aromatic heterocycles. The molecule has 0 spiro atoms. The van der Waals surface area contributed by atoms with Gasteiger partial charge in [0, 0.05) is 38.7 Å². The maximum Gasteiger partial charge on any atom is 0.166 e. The van der Waals surface area contributed by atoms with Gasteiger partial charge in [-0.15, -0.1) is 0 Å². The predicted molar refractivity (Wildman–Crippen MR) is 100 cm³/mol. The first-order valence-corrected chi connectivity index (χ1v) is 9.71. The highest BCUT2D eigenvalue weighted by molar-refractivity contribution is 9.10. The van der Waals surface area contributed by atoms with Crippen LogP contribution in [-0.2, 0) is 4.79 Å². The quantitative estimate of drug-likeness (QED) is 0.590. The largest absolute Gasteiger partial charge is 0.299 e. The zero-order valence-electron chi connectivity index (χ0n) is 12.9. The second-order valence-electron chi connectivity index (χ2n) is 6.75. The van der Waals surface area contributed by atoms with Gasteiger partial charge in [-0.25, -0.2) is 0 Å². The summed E-state index contributed by atoms with van der Waals surface area (Å²) in [5.41, 5.74) is 1.85. The van der Waals surface area contributed by atoms with Crippen LogP contribution in [0.2, 0.25) is 0 Å². The van der Waals surface area contributed by atoms with Crippen LogP contribution in [0.1, 0.15) is 34.7 Å². The Labute approximate surface area is 157 Å². The molecule has 4 heteroatoms. The molecule has 2 aliphatic rings. The summed E-state index contributed by atoms with van der Waals surface area (Å²) < 4.78 is 1.98. The highest BCUT2D eigenvalue weighted by Gasteiger charge is 2.55. The lowest BCUT2D eigenvalue weighted by Crippen LogP contribution is -2.32. The van der Waals surface area contributed by atoms with E-state index in [2.05, 4.69) is 31.9 Å². The average Bonchev–Trinajstić information content (AvgIpc) is 3.12. The summed E-state index contributed by atoms with van der Waals surface area (Å²) in [5, 5.41) is 0. The molecule has 2 saturated carbocycles. The number of hydrogen-bond acceptors (Lipinski definition) is 2. The van der Waals surface area contributed by atoms with Crippen molar-refractivity contribution in [2.24, 2.45) is 17.8 Å². The number of fused-ring (bicyclic) bond motifs is 2. The van der Waals surface area contributed by atoms with E-state index >= 15 is 0 Å². The van der Waals surface area contributed by atoms with Crippen LogP contribution in [0.15, 0.2) is 57.5 Å². The molecule has 0 N–H and O–H groups in total. The summed E-state index contributed by atoms with van der Waals surface area (Å²) in [5.74, 6) is 0.617. The van der Waals surface area contributed by atoms with E-state index in [4.69, 9.17) is 0 Å². The minimum absolute atomic E-state index is 0.000531. The van der Waals surface area contributed by atoms with Gasteiger partial charge in [0.05, 0.1) is 0 Å². The molecule has 0 amide bonds. The van der Waals surface area contributed by atoms with Gasteiger partial charge < -0.3 is 0 Å². The molecule has 0 heterocycles. The molecule has 2 aromatic carbocycles. The highest BCUT2D eigenvalue weighted by Crippen LogP contribution is 2.56. The van der Waals surface area contributed by atoms with Crippen molar-refractivity contribution in [1.82, 2.24) is 0 Å². The molecule has 0 saturated heterocycles. The van der Waals surface area contributed by atoms with Crippen molar-refractivity contribution in [1.29, 1.82) is 0 Å². The van der Waals surface area contributed by atoms with E-state index in [9.17, 15) is 9.59 Å². The summed E-state index contributed by atoms with van der Waals surface area (Å²) in [7, 11) is 0. The van der Waals surface area contributed by atoms with E-state index in [0.29, 0.717) is 12.2 Å². The monoisotopic (exact) mass is 446 g/mol. The molecule has 24 heavy (non-hydrogen) atoms. The molecule has 0 unspecified atom stereocenters. The molecule has 122 valence electrons. The smallest absolute Gasteiger partial charge is 0.166 e. The highest BCUT2D eigenvalue weighted by atomic mass is 79.9. The van der Waals surface area contributed by atoms with Crippen molar-refractivity contribution in [3.63, 3.8) is 0 Å². The van der Waals surface area contributed by atoms with Gasteiger partial charge in [-0.3, -0.25) is 9.59 Å². The number of ketones is 2. The number of halogens is 2. The van der Waals surface area contributed by atoms with Crippen LogP contribution in [0.3, 0.4) is 0 Å². The molecule has 2 aliphatic carbocycles. The van der Waals surface area contributed by atoms with E-state index < -0.39 is 0 Å². The van der Waals surface area contributed by atoms with E-state index in [1.807, 2.05) is 48.5 Å². The minimum atomic E-state index is -0.0879. The number of hydrogen-bond donors (Lipinski definition) is 0. The summed E-state index contributed by atoms with van der Waals surface area (Å²) in [6, 6.07) is 15.6. The third-order valence-corrected chi connectivity index (χ3v) is 6.51. The molecular formula is C20H16Br2O2. The third-order valence-electron chi connectivity index (χ3n) is 5.45. The molecule has 2 bridgehead atoms. The standard InChI is InChI=1S/C20H16Br2O2/c21-14-5-1-11(2-6-14)18-16-9-13(10-17(16)23)19(18)20(24)12-3-7-15(22)8-4-12/h1-8,13,16,18-19H,9-10H2/t13-,16+,18+,19+/m0/s1. The van der Waals surface area contributed by atoms with Gasteiger partial charge in [0.1, 0.15) is 5.78 Å². The lowest BCUT2D eigenvalue weighted by atomic mass is 9.72. The van der Waals surface area contributed by atoms with Gasteiger partial charge >= 0.3 is 0 Å². The summed E-state index contributed by atoms with van der Waals surface area (Å²) in [4.78, 5) is 25.5.